The van der Waals surface area contributed by atoms with Crippen LogP contribution in [-0.2, 0) is 0 Å². The molecule has 0 bridgehead atoms. The molecule has 0 unspecified atom stereocenters. The summed E-state index contributed by atoms with van der Waals surface area (Å²) in [4.78, 5) is 13.4. The molecule has 2 rings (SSSR count). The molecule has 0 atom stereocenters. The fourth-order valence-electron chi connectivity index (χ4n) is 2.23. The Morgan fingerprint density at radius 3 is 2.63 bits per heavy atom. The van der Waals surface area contributed by atoms with Crippen molar-refractivity contribution in [3.05, 3.63) is 16.8 Å². The highest BCUT2D eigenvalue weighted by Gasteiger charge is 2.21. The van der Waals surface area contributed by atoms with Crippen molar-refractivity contribution in [1.29, 1.82) is 0 Å². The van der Waals surface area contributed by atoms with Crippen LogP contribution >= 0.6 is 11.3 Å². The minimum Gasteiger partial charge on any atom is -0.358 e. The SMILES string of the molecule is Cc1sc2ncnc(N(C)CC(C)(C)CN)c2c1C. The second-order valence-corrected chi connectivity index (χ2v) is 7.09. The molecule has 0 amide bonds. The first-order valence-electron chi connectivity index (χ1n) is 6.47. The van der Waals surface area contributed by atoms with E-state index in [1.165, 1.54) is 15.8 Å². The Balaban J connectivity index is 2.45. The fraction of sp³-hybridized carbons (Fsp3) is 0.571. The number of anilines is 1. The van der Waals surface area contributed by atoms with Gasteiger partial charge in [0.25, 0.3) is 0 Å². The molecule has 0 aliphatic heterocycles. The average molecular weight is 278 g/mol. The van der Waals surface area contributed by atoms with E-state index in [1.807, 2.05) is 0 Å². The molecule has 2 heterocycles. The molecule has 2 aromatic rings. The molecule has 0 aliphatic carbocycles. The highest BCUT2D eigenvalue weighted by atomic mass is 32.1. The van der Waals surface area contributed by atoms with Gasteiger partial charge in [-0.2, -0.15) is 0 Å². The summed E-state index contributed by atoms with van der Waals surface area (Å²) in [5.74, 6) is 1.01. The maximum Gasteiger partial charge on any atom is 0.140 e. The first-order chi connectivity index (χ1) is 8.85. The predicted octanol–water partition coefficient (Wildman–Crippen LogP) is 2.73. The van der Waals surface area contributed by atoms with Crippen LogP contribution in [0.3, 0.4) is 0 Å². The molecule has 2 N–H and O–H groups in total. The number of hydrogen-bond acceptors (Lipinski definition) is 5. The molecule has 0 aromatic carbocycles. The molecule has 19 heavy (non-hydrogen) atoms. The van der Waals surface area contributed by atoms with Gasteiger partial charge in [-0.15, -0.1) is 11.3 Å². The maximum atomic E-state index is 5.82. The number of hydrogen-bond donors (Lipinski definition) is 1. The summed E-state index contributed by atoms with van der Waals surface area (Å²) >= 11 is 1.73. The summed E-state index contributed by atoms with van der Waals surface area (Å²) in [6, 6.07) is 0. The van der Waals surface area contributed by atoms with Crippen molar-refractivity contribution in [1.82, 2.24) is 9.97 Å². The lowest BCUT2D eigenvalue weighted by molar-refractivity contribution is 0.384. The van der Waals surface area contributed by atoms with Crippen molar-refractivity contribution < 1.29 is 0 Å². The third-order valence-electron chi connectivity index (χ3n) is 3.52. The Bertz CT molecular complexity index is 588. The van der Waals surface area contributed by atoms with E-state index in [1.54, 1.807) is 17.7 Å². The van der Waals surface area contributed by atoms with E-state index >= 15 is 0 Å². The second-order valence-electron chi connectivity index (χ2n) is 5.89. The van der Waals surface area contributed by atoms with E-state index in [0.717, 1.165) is 17.2 Å². The van der Waals surface area contributed by atoms with E-state index in [2.05, 4.69) is 49.6 Å². The van der Waals surface area contributed by atoms with Crippen LogP contribution < -0.4 is 10.6 Å². The normalized spacial score (nSPS) is 12.1. The molecule has 0 fully saturated rings. The van der Waals surface area contributed by atoms with Gasteiger partial charge in [0, 0.05) is 18.5 Å². The van der Waals surface area contributed by atoms with Gasteiger partial charge in [-0.25, -0.2) is 9.97 Å². The zero-order valence-electron chi connectivity index (χ0n) is 12.3. The Morgan fingerprint density at radius 1 is 1.32 bits per heavy atom. The van der Waals surface area contributed by atoms with Gasteiger partial charge in [-0.3, -0.25) is 0 Å². The quantitative estimate of drug-likeness (QED) is 0.934. The van der Waals surface area contributed by atoms with E-state index in [-0.39, 0.29) is 5.41 Å². The molecular formula is C14H22N4S. The first-order valence-corrected chi connectivity index (χ1v) is 7.29. The molecule has 4 nitrogen and oxygen atoms in total. The van der Waals surface area contributed by atoms with Crippen LogP contribution in [0.25, 0.3) is 10.2 Å². The number of nitrogens with two attached hydrogens (primary N) is 1. The summed E-state index contributed by atoms with van der Waals surface area (Å²) in [5.41, 5.74) is 7.18. The number of thiophene rings is 1. The van der Waals surface area contributed by atoms with Crippen LogP contribution in [0, 0.1) is 19.3 Å². The van der Waals surface area contributed by atoms with Gasteiger partial charge in [0.15, 0.2) is 0 Å². The fourth-order valence-corrected chi connectivity index (χ4v) is 3.23. The van der Waals surface area contributed by atoms with E-state index in [4.69, 9.17) is 5.73 Å². The Morgan fingerprint density at radius 2 is 2.00 bits per heavy atom. The largest absolute Gasteiger partial charge is 0.358 e. The van der Waals surface area contributed by atoms with Gasteiger partial charge in [0.1, 0.15) is 17.0 Å². The lowest BCUT2D eigenvalue weighted by atomic mass is 9.93. The summed E-state index contributed by atoms with van der Waals surface area (Å²) in [5, 5.41) is 1.18. The number of rotatable bonds is 4. The molecule has 2 aromatic heterocycles. The Kier molecular flexibility index (Phi) is 3.78. The van der Waals surface area contributed by atoms with Crippen LogP contribution in [0.1, 0.15) is 24.3 Å². The predicted molar refractivity (Wildman–Crippen MR) is 83.0 cm³/mol. The molecule has 0 saturated carbocycles. The lowest BCUT2D eigenvalue weighted by Gasteiger charge is -2.30. The zero-order valence-corrected chi connectivity index (χ0v) is 13.1. The summed E-state index contributed by atoms with van der Waals surface area (Å²) in [7, 11) is 2.08. The van der Waals surface area contributed by atoms with Gasteiger partial charge in [-0.1, -0.05) is 13.8 Å². The Hall–Kier alpha value is -1.20. The monoisotopic (exact) mass is 278 g/mol. The smallest absolute Gasteiger partial charge is 0.140 e. The topological polar surface area (TPSA) is 55.0 Å². The Labute approximate surface area is 118 Å². The number of aromatic nitrogens is 2. The number of aryl methyl sites for hydroxylation is 2. The van der Waals surface area contributed by atoms with Gasteiger partial charge in [0.05, 0.1) is 5.39 Å². The summed E-state index contributed by atoms with van der Waals surface area (Å²) in [6.07, 6.45) is 1.65. The van der Waals surface area contributed by atoms with Crippen LogP contribution in [0.15, 0.2) is 6.33 Å². The minimum atomic E-state index is 0.0744. The van der Waals surface area contributed by atoms with Crippen molar-refractivity contribution in [2.24, 2.45) is 11.1 Å². The van der Waals surface area contributed by atoms with Crippen LogP contribution in [0.5, 0.6) is 0 Å². The highest BCUT2D eigenvalue weighted by molar-refractivity contribution is 7.18. The first kappa shape index (κ1) is 14.2. The standard InChI is InChI=1S/C14H22N4S/c1-9-10(2)19-13-11(9)12(16-8-17-13)18(5)7-14(3,4)6-15/h8H,6-7,15H2,1-5H3. The lowest BCUT2D eigenvalue weighted by Crippen LogP contribution is -2.37. The van der Waals surface area contributed by atoms with E-state index in [0.29, 0.717) is 6.54 Å². The summed E-state index contributed by atoms with van der Waals surface area (Å²) in [6.45, 7) is 10.2. The highest BCUT2D eigenvalue weighted by Crippen LogP contribution is 2.34. The minimum absolute atomic E-state index is 0.0744. The van der Waals surface area contributed by atoms with Crippen LogP contribution in [-0.4, -0.2) is 30.1 Å². The second kappa shape index (κ2) is 5.06. The van der Waals surface area contributed by atoms with E-state index < -0.39 is 0 Å². The number of nitrogens with zero attached hydrogens (tertiary/aromatic N) is 3. The van der Waals surface area contributed by atoms with Crippen LogP contribution in [0.2, 0.25) is 0 Å². The molecule has 0 radical (unpaired) electrons. The summed E-state index contributed by atoms with van der Waals surface area (Å²) < 4.78 is 0. The molecule has 0 saturated heterocycles. The molecule has 0 spiro atoms. The number of fused-ring (bicyclic) bond motifs is 1. The maximum absolute atomic E-state index is 5.82. The third kappa shape index (κ3) is 2.72. The van der Waals surface area contributed by atoms with Gasteiger partial charge < -0.3 is 10.6 Å². The van der Waals surface area contributed by atoms with Crippen molar-refractivity contribution >= 4 is 27.4 Å². The van der Waals surface area contributed by atoms with Gasteiger partial charge >= 0.3 is 0 Å². The third-order valence-corrected chi connectivity index (χ3v) is 4.64. The molecule has 104 valence electrons. The van der Waals surface area contributed by atoms with Crippen molar-refractivity contribution in [3.63, 3.8) is 0 Å². The van der Waals surface area contributed by atoms with Gasteiger partial charge in [-0.05, 0) is 31.4 Å². The average Bonchev–Trinajstić information content (AvgIpc) is 2.65. The van der Waals surface area contributed by atoms with Crippen molar-refractivity contribution in [3.8, 4) is 0 Å². The van der Waals surface area contributed by atoms with Crippen molar-refractivity contribution in [2.45, 2.75) is 27.7 Å². The van der Waals surface area contributed by atoms with Crippen LogP contribution in [0.4, 0.5) is 5.82 Å². The molecular weight excluding hydrogens is 256 g/mol. The van der Waals surface area contributed by atoms with E-state index in [9.17, 15) is 0 Å². The van der Waals surface area contributed by atoms with Gasteiger partial charge in [0.2, 0.25) is 0 Å². The van der Waals surface area contributed by atoms with Crippen molar-refractivity contribution in [2.75, 3.05) is 25.0 Å². The molecule has 0 aliphatic rings. The zero-order chi connectivity index (χ0) is 14.2. The molecule has 5 heteroatoms.